The van der Waals surface area contributed by atoms with Gasteiger partial charge in [-0.15, -0.1) is 0 Å². The van der Waals surface area contributed by atoms with Crippen LogP contribution in [0.5, 0.6) is 0 Å². The second-order valence-electron chi connectivity index (χ2n) is 6.68. The topological polar surface area (TPSA) is 65.2 Å². The molecule has 4 rings (SSSR count). The molecule has 1 aliphatic carbocycles. The van der Waals surface area contributed by atoms with Gasteiger partial charge in [-0.1, -0.05) is 11.6 Å². The average molecular weight is 346 g/mol. The molecule has 2 N–H and O–H groups in total. The molecular weight excluding hydrogens is 326 g/mol. The summed E-state index contributed by atoms with van der Waals surface area (Å²) in [5, 5.41) is 4.75. The molecule has 0 saturated carbocycles. The Morgan fingerprint density at radius 2 is 2.04 bits per heavy atom. The first-order valence-electron chi connectivity index (χ1n) is 8.50. The van der Waals surface area contributed by atoms with Crippen molar-refractivity contribution in [2.24, 2.45) is 0 Å². The number of carbonyl (C=O) groups is 2. The lowest BCUT2D eigenvalue weighted by molar-refractivity contribution is -0.145. The lowest BCUT2D eigenvalue weighted by Gasteiger charge is -2.24. The third-order valence-electron chi connectivity index (χ3n) is 5.07. The van der Waals surface area contributed by atoms with E-state index in [1.807, 2.05) is 18.2 Å². The summed E-state index contributed by atoms with van der Waals surface area (Å²) in [5.74, 6) is -0.858. The molecule has 2 aliphatic rings. The van der Waals surface area contributed by atoms with Crippen molar-refractivity contribution in [1.82, 2.24) is 15.2 Å². The first-order chi connectivity index (χ1) is 11.6. The number of halogens is 1. The standard InChI is InChI=1S/C18H20ClN3O2/c19-11-3-5-15-13(9-11)14-10-12(4-6-16(14)21-15)20-17(23)18(24)22-7-1-2-8-22/h3,5,9,12,21H,1-2,4,6-8,10H2,(H,20,23). The van der Waals surface area contributed by atoms with Gasteiger partial charge in [-0.3, -0.25) is 9.59 Å². The maximum atomic E-state index is 12.2. The second kappa shape index (κ2) is 6.13. The number of hydrogen-bond acceptors (Lipinski definition) is 2. The van der Waals surface area contributed by atoms with Gasteiger partial charge in [0.05, 0.1) is 0 Å². The van der Waals surface area contributed by atoms with E-state index in [9.17, 15) is 9.59 Å². The highest BCUT2D eigenvalue weighted by Crippen LogP contribution is 2.31. The minimum atomic E-state index is -0.469. The minimum Gasteiger partial charge on any atom is -0.358 e. The Balaban J connectivity index is 1.49. The normalized spacial score (nSPS) is 20.2. The molecule has 1 aliphatic heterocycles. The smallest absolute Gasteiger partial charge is 0.311 e. The quantitative estimate of drug-likeness (QED) is 0.779. The van der Waals surface area contributed by atoms with Crippen molar-refractivity contribution >= 4 is 34.3 Å². The number of nitrogens with zero attached hydrogens (tertiary/aromatic N) is 1. The first-order valence-corrected chi connectivity index (χ1v) is 8.88. The number of aryl methyl sites for hydroxylation is 1. The largest absolute Gasteiger partial charge is 0.358 e. The SMILES string of the molecule is O=C(NC1CCc2[nH]c3ccc(Cl)cc3c2C1)C(=O)N1CCCC1. The summed E-state index contributed by atoms with van der Waals surface area (Å²) < 4.78 is 0. The van der Waals surface area contributed by atoms with Gasteiger partial charge >= 0.3 is 11.8 Å². The van der Waals surface area contributed by atoms with E-state index in [1.54, 1.807) is 4.90 Å². The molecule has 5 nitrogen and oxygen atoms in total. The molecule has 1 aromatic heterocycles. The monoisotopic (exact) mass is 345 g/mol. The summed E-state index contributed by atoms with van der Waals surface area (Å²) in [6.45, 7) is 1.39. The molecule has 0 spiro atoms. The van der Waals surface area contributed by atoms with Crippen molar-refractivity contribution in [2.45, 2.75) is 38.1 Å². The van der Waals surface area contributed by atoms with Crippen LogP contribution in [0.3, 0.4) is 0 Å². The third-order valence-corrected chi connectivity index (χ3v) is 5.31. The van der Waals surface area contributed by atoms with Crippen LogP contribution < -0.4 is 5.32 Å². The molecule has 126 valence electrons. The van der Waals surface area contributed by atoms with E-state index in [1.165, 1.54) is 11.3 Å². The number of fused-ring (bicyclic) bond motifs is 3. The van der Waals surface area contributed by atoms with Crippen LogP contribution in [0.1, 0.15) is 30.5 Å². The van der Waals surface area contributed by atoms with E-state index in [-0.39, 0.29) is 11.9 Å². The lowest BCUT2D eigenvalue weighted by Crippen LogP contribution is -2.47. The molecule has 0 radical (unpaired) electrons. The number of aromatic amines is 1. The molecule has 2 aromatic rings. The highest BCUT2D eigenvalue weighted by molar-refractivity contribution is 6.35. The lowest BCUT2D eigenvalue weighted by atomic mass is 9.91. The highest BCUT2D eigenvalue weighted by Gasteiger charge is 2.29. The molecule has 1 aromatic carbocycles. The average Bonchev–Trinajstić information content (AvgIpc) is 3.22. The van der Waals surface area contributed by atoms with Gasteiger partial charge in [0, 0.05) is 40.8 Å². The van der Waals surface area contributed by atoms with Crippen molar-refractivity contribution < 1.29 is 9.59 Å². The third kappa shape index (κ3) is 2.77. The zero-order valence-corrected chi connectivity index (χ0v) is 14.2. The number of benzene rings is 1. The number of aromatic nitrogens is 1. The van der Waals surface area contributed by atoms with Crippen LogP contribution in [0.15, 0.2) is 18.2 Å². The highest BCUT2D eigenvalue weighted by atomic mass is 35.5. The van der Waals surface area contributed by atoms with Crippen molar-refractivity contribution in [2.75, 3.05) is 13.1 Å². The van der Waals surface area contributed by atoms with Crippen molar-refractivity contribution in [3.05, 3.63) is 34.5 Å². The van der Waals surface area contributed by atoms with Crippen LogP contribution >= 0.6 is 11.6 Å². The molecule has 24 heavy (non-hydrogen) atoms. The maximum Gasteiger partial charge on any atom is 0.311 e. The van der Waals surface area contributed by atoms with Gasteiger partial charge < -0.3 is 15.2 Å². The zero-order chi connectivity index (χ0) is 16.7. The number of nitrogens with one attached hydrogen (secondary N) is 2. The molecular formula is C18H20ClN3O2. The van der Waals surface area contributed by atoms with Gasteiger partial charge in [0.2, 0.25) is 0 Å². The van der Waals surface area contributed by atoms with Gasteiger partial charge in [-0.2, -0.15) is 0 Å². The maximum absolute atomic E-state index is 12.2. The zero-order valence-electron chi connectivity index (χ0n) is 13.4. The van der Waals surface area contributed by atoms with E-state index < -0.39 is 5.91 Å². The summed E-state index contributed by atoms with van der Waals surface area (Å²) in [7, 11) is 0. The Kier molecular flexibility index (Phi) is 3.96. The van der Waals surface area contributed by atoms with Crippen molar-refractivity contribution in [3.63, 3.8) is 0 Å². The van der Waals surface area contributed by atoms with Crippen LogP contribution in [-0.2, 0) is 22.4 Å². The Labute approximate surface area is 145 Å². The molecule has 1 fully saturated rings. The van der Waals surface area contributed by atoms with Gasteiger partial charge in [0.1, 0.15) is 0 Å². The van der Waals surface area contributed by atoms with Gasteiger partial charge in [-0.05, 0) is 55.9 Å². The van der Waals surface area contributed by atoms with E-state index >= 15 is 0 Å². The molecule has 2 heterocycles. The fourth-order valence-corrected chi connectivity index (χ4v) is 4.00. The van der Waals surface area contributed by atoms with E-state index in [0.29, 0.717) is 18.1 Å². The number of carbonyl (C=O) groups excluding carboxylic acids is 2. The summed E-state index contributed by atoms with van der Waals surface area (Å²) in [6, 6.07) is 5.82. The molecule has 1 atom stereocenters. The van der Waals surface area contributed by atoms with Crippen LogP contribution in [-0.4, -0.2) is 40.8 Å². The first kappa shape index (κ1) is 15.5. The van der Waals surface area contributed by atoms with Crippen molar-refractivity contribution in [3.8, 4) is 0 Å². The summed E-state index contributed by atoms with van der Waals surface area (Å²) in [5.41, 5.74) is 3.49. The van der Waals surface area contributed by atoms with Crippen LogP contribution in [0.25, 0.3) is 10.9 Å². The van der Waals surface area contributed by atoms with E-state index in [2.05, 4.69) is 10.3 Å². The Morgan fingerprint density at radius 3 is 2.83 bits per heavy atom. The molecule has 1 unspecified atom stereocenters. The minimum absolute atomic E-state index is 0.00506. The summed E-state index contributed by atoms with van der Waals surface area (Å²) in [6.07, 6.45) is 4.41. The van der Waals surface area contributed by atoms with Crippen LogP contribution in [0.2, 0.25) is 5.02 Å². The predicted molar refractivity (Wildman–Crippen MR) is 93.1 cm³/mol. The number of rotatable bonds is 1. The summed E-state index contributed by atoms with van der Waals surface area (Å²) >= 11 is 6.12. The molecule has 1 saturated heterocycles. The van der Waals surface area contributed by atoms with Crippen LogP contribution in [0.4, 0.5) is 0 Å². The Morgan fingerprint density at radius 1 is 1.25 bits per heavy atom. The van der Waals surface area contributed by atoms with E-state index in [4.69, 9.17) is 11.6 Å². The Bertz CT molecular complexity index is 808. The number of amides is 2. The fourth-order valence-electron chi connectivity index (χ4n) is 3.82. The van der Waals surface area contributed by atoms with Gasteiger partial charge in [-0.25, -0.2) is 0 Å². The molecule has 0 bridgehead atoms. The number of likely N-dealkylation sites (tertiary alicyclic amines) is 1. The van der Waals surface area contributed by atoms with Crippen molar-refractivity contribution in [1.29, 1.82) is 0 Å². The second-order valence-corrected chi connectivity index (χ2v) is 7.12. The number of hydrogen-bond donors (Lipinski definition) is 2. The van der Waals surface area contributed by atoms with Crippen LogP contribution in [0, 0.1) is 0 Å². The molecule has 2 amide bonds. The van der Waals surface area contributed by atoms with Gasteiger partial charge in [0.25, 0.3) is 0 Å². The predicted octanol–water partition coefficient (Wildman–Crippen LogP) is 2.42. The van der Waals surface area contributed by atoms with E-state index in [0.717, 1.165) is 43.0 Å². The van der Waals surface area contributed by atoms with Gasteiger partial charge in [0.15, 0.2) is 0 Å². The number of H-pyrrole nitrogens is 1. The summed E-state index contributed by atoms with van der Waals surface area (Å²) in [4.78, 5) is 29.5. The Hall–Kier alpha value is -2.01. The molecule has 6 heteroatoms. The fraction of sp³-hybridized carbons (Fsp3) is 0.444.